The van der Waals surface area contributed by atoms with Crippen LogP contribution in [-0.4, -0.2) is 59.7 Å². The van der Waals surface area contributed by atoms with Gasteiger partial charge in [0, 0.05) is 18.1 Å². The van der Waals surface area contributed by atoms with Crippen LogP contribution in [0.25, 0.3) is 6.08 Å². The van der Waals surface area contributed by atoms with Gasteiger partial charge in [-0.1, -0.05) is 29.8 Å². The van der Waals surface area contributed by atoms with Crippen molar-refractivity contribution in [2.24, 2.45) is 0 Å². The van der Waals surface area contributed by atoms with E-state index >= 15 is 0 Å². The van der Waals surface area contributed by atoms with Crippen LogP contribution < -0.4 is 4.74 Å². The number of thioether (sulfide) groups is 1. The van der Waals surface area contributed by atoms with Gasteiger partial charge < -0.3 is 14.4 Å². The summed E-state index contributed by atoms with van der Waals surface area (Å²) in [4.78, 5) is 40.4. The van der Waals surface area contributed by atoms with E-state index < -0.39 is 11.1 Å². The zero-order valence-corrected chi connectivity index (χ0v) is 20.6. The molecule has 33 heavy (non-hydrogen) atoms. The van der Waals surface area contributed by atoms with Crippen molar-refractivity contribution in [2.75, 3.05) is 32.8 Å². The van der Waals surface area contributed by atoms with Crippen LogP contribution in [0.15, 0.2) is 51.8 Å². The van der Waals surface area contributed by atoms with Gasteiger partial charge in [0.25, 0.3) is 11.1 Å². The second-order valence-electron chi connectivity index (χ2n) is 7.37. The van der Waals surface area contributed by atoms with Crippen LogP contribution in [0.1, 0.15) is 11.1 Å². The summed E-state index contributed by atoms with van der Waals surface area (Å²) in [5, 5.41) is 0.217. The summed E-state index contributed by atoms with van der Waals surface area (Å²) in [6, 6.07) is 12.8. The minimum atomic E-state index is -0.467. The summed E-state index contributed by atoms with van der Waals surface area (Å²) in [6.45, 7) is 1.97. The van der Waals surface area contributed by atoms with Crippen molar-refractivity contribution in [2.45, 2.75) is 6.61 Å². The van der Waals surface area contributed by atoms with E-state index in [-0.39, 0.29) is 17.4 Å². The molecular weight excluding hydrogens is 532 g/mol. The zero-order chi connectivity index (χ0) is 23.4. The van der Waals surface area contributed by atoms with Crippen molar-refractivity contribution < 1.29 is 23.9 Å². The molecule has 2 saturated heterocycles. The topological polar surface area (TPSA) is 76.2 Å². The van der Waals surface area contributed by atoms with E-state index in [1.165, 1.54) is 0 Å². The maximum absolute atomic E-state index is 12.7. The first-order chi connectivity index (χ1) is 15.9. The van der Waals surface area contributed by atoms with E-state index in [2.05, 4.69) is 15.9 Å². The number of rotatable bonds is 6. The molecule has 0 atom stereocenters. The number of ether oxygens (including phenoxy) is 2. The Bertz CT molecular complexity index is 1100. The summed E-state index contributed by atoms with van der Waals surface area (Å²) in [7, 11) is 0. The van der Waals surface area contributed by atoms with E-state index in [0.29, 0.717) is 48.2 Å². The molecule has 10 heteroatoms. The average Bonchev–Trinajstić information content (AvgIpc) is 3.07. The summed E-state index contributed by atoms with van der Waals surface area (Å²) in [5.41, 5.74) is 1.71. The molecule has 0 bridgehead atoms. The molecule has 0 aromatic heterocycles. The molecule has 2 aromatic rings. The number of morpholine rings is 1. The molecule has 2 aliphatic heterocycles. The summed E-state index contributed by atoms with van der Waals surface area (Å²) >= 11 is 10.2. The van der Waals surface area contributed by atoms with Gasteiger partial charge in [0.05, 0.1) is 22.6 Å². The molecule has 7 nitrogen and oxygen atoms in total. The number of imide groups is 1. The predicted octanol–water partition coefficient (Wildman–Crippen LogP) is 4.58. The highest BCUT2D eigenvalue weighted by Gasteiger charge is 2.37. The number of carbonyl (C=O) groups excluding carboxylic acids is 3. The molecule has 3 amide bonds. The van der Waals surface area contributed by atoms with Gasteiger partial charge in [0.1, 0.15) is 18.9 Å². The molecule has 2 aromatic carbocycles. The molecule has 0 saturated carbocycles. The molecule has 4 rings (SSSR count). The Morgan fingerprint density at radius 1 is 1.15 bits per heavy atom. The molecule has 0 aliphatic carbocycles. The molecule has 2 heterocycles. The zero-order valence-electron chi connectivity index (χ0n) is 17.5. The lowest BCUT2D eigenvalue weighted by molar-refractivity contribution is -0.139. The highest BCUT2D eigenvalue weighted by atomic mass is 79.9. The van der Waals surface area contributed by atoms with Crippen molar-refractivity contribution in [1.82, 2.24) is 9.80 Å². The molecule has 0 spiro atoms. The van der Waals surface area contributed by atoms with Crippen LogP contribution in [0.5, 0.6) is 5.75 Å². The van der Waals surface area contributed by atoms with Crippen LogP contribution in [0.2, 0.25) is 5.02 Å². The highest BCUT2D eigenvalue weighted by Crippen LogP contribution is 2.34. The Balaban J connectivity index is 1.40. The molecule has 0 radical (unpaired) electrons. The number of halogens is 2. The second kappa shape index (κ2) is 10.7. The third kappa shape index (κ3) is 5.97. The van der Waals surface area contributed by atoms with E-state index in [0.717, 1.165) is 27.8 Å². The SMILES string of the molecule is O=C(CN1C(=O)S/C(=C/c2ccc(OCc3ccc(Cl)cc3)c(Br)c2)C1=O)N1CCOCC1. The fraction of sp³-hybridized carbons (Fsp3) is 0.261. The summed E-state index contributed by atoms with van der Waals surface area (Å²) < 4.78 is 11.8. The van der Waals surface area contributed by atoms with Crippen LogP contribution in [-0.2, 0) is 20.9 Å². The first kappa shape index (κ1) is 23.8. The number of hydrogen-bond donors (Lipinski definition) is 0. The Labute approximate surface area is 208 Å². The Kier molecular flexibility index (Phi) is 7.75. The lowest BCUT2D eigenvalue weighted by Crippen LogP contribution is -2.46. The third-order valence-electron chi connectivity index (χ3n) is 5.09. The van der Waals surface area contributed by atoms with Crippen molar-refractivity contribution in [3.05, 3.63) is 68.0 Å². The summed E-state index contributed by atoms with van der Waals surface area (Å²) in [6.07, 6.45) is 1.64. The van der Waals surface area contributed by atoms with Gasteiger partial charge in [0.2, 0.25) is 5.91 Å². The van der Waals surface area contributed by atoms with E-state index in [4.69, 9.17) is 21.1 Å². The number of carbonyl (C=O) groups is 3. The lowest BCUT2D eigenvalue weighted by atomic mass is 10.2. The van der Waals surface area contributed by atoms with Gasteiger partial charge in [-0.25, -0.2) is 0 Å². The predicted molar refractivity (Wildman–Crippen MR) is 130 cm³/mol. The Morgan fingerprint density at radius 2 is 1.88 bits per heavy atom. The first-order valence-corrected chi connectivity index (χ1v) is 12.2. The van der Waals surface area contributed by atoms with Gasteiger partial charge in [-0.05, 0) is 69.2 Å². The number of hydrogen-bond acceptors (Lipinski definition) is 6. The maximum atomic E-state index is 12.7. The van der Waals surface area contributed by atoms with Crippen LogP contribution in [0, 0.1) is 0 Å². The quantitative estimate of drug-likeness (QED) is 0.490. The first-order valence-electron chi connectivity index (χ1n) is 10.2. The van der Waals surface area contributed by atoms with Crippen molar-refractivity contribution in [3.63, 3.8) is 0 Å². The van der Waals surface area contributed by atoms with Gasteiger partial charge in [-0.3, -0.25) is 19.3 Å². The minimum Gasteiger partial charge on any atom is -0.488 e. The Morgan fingerprint density at radius 3 is 2.58 bits per heavy atom. The van der Waals surface area contributed by atoms with Gasteiger partial charge >= 0.3 is 0 Å². The minimum absolute atomic E-state index is 0.258. The molecule has 0 unspecified atom stereocenters. The molecule has 172 valence electrons. The monoisotopic (exact) mass is 550 g/mol. The molecule has 2 aliphatic rings. The smallest absolute Gasteiger partial charge is 0.294 e. The standard InChI is InChI=1S/C23H20BrClN2O5S/c24-18-11-16(3-6-19(18)32-14-15-1-4-17(25)5-2-15)12-20-22(29)27(23(30)33-20)13-21(28)26-7-9-31-10-8-26/h1-6,11-12H,7-10,13-14H2/b20-12+. The van der Waals surface area contributed by atoms with Gasteiger partial charge in [-0.15, -0.1) is 0 Å². The van der Waals surface area contributed by atoms with Crippen LogP contribution in [0.3, 0.4) is 0 Å². The normalized spacial score (nSPS) is 17.7. The maximum Gasteiger partial charge on any atom is 0.294 e. The van der Waals surface area contributed by atoms with Crippen molar-refractivity contribution in [1.29, 1.82) is 0 Å². The second-order valence-corrected chi connectivity index (χ2v) is 9.65. The van der Waals surface area contributed by atoms with E-state index in [1.807, 2.05) is 18.2 Å². The van der Waals surface area contributed by atoms with Crippen LogP contribution >= 0.6 is 39.3 Å². The number of amides is 3. The molecular formula is C23H20BrClN2O5S. The molecule has 2 fully saturated rings. The third-order valence-corrected chi connectivity index (χ3v) is 6.87. The summed E-state index contributed by atoms with van der Waals surface area (Å²) in [5.74, 6) is -0.0797. The van der Waals surface area contributed by atoms with Gasteiger partial charge in [0.15, 0.2) is 0 Å². The largest absolute Gasteiger partial charge is 0.488 e. The van der Waals surface area contributed by atoms with E-state index in [9.17, 15) is 14.4 Å². The van der Waals surface area contributed by atoms with Crippen LogP contribution in [0.4, 0.5) is 4.79 Å². The lowest BCUT2D eigenvalue weighted by Gasteiger charge is -2.28. The fourth-order valence-corrected chi connectivity index (χ4v) is 4.78. The molecule has 0 N–H and O–H groups in total. The highest BCUT2D eigenvalue weighted by molar-refractivity contribution is 9.10. The van der Waals surface area contributed by atoms with Gasteiger partial charge in [-0.2, -0.15) is 0 Å². The number of nitrogens with zero attached hydrogens (tertiary/aromatic N) is 2. The Hall–Kier alpha value is -2.33. The van der Waals surface area contributed by atoms with E-state index in [1.54, 1.807) is 35.2 Å². The average molecular weight is 552 g/mol. The number of benzene rings is 2. The van der Waals surface area contributed by atoms with Crippen molar-refractivity contribution >= 4 is 62.4 Å². The fourth-order valence-electron chi connectivity index (χ4n) is 3.30. The van der Waals surface area contributed by atoms with Crippen molar-refractivity contribution in [3.8, 4) is 5.75 Å².